The van der Waals surface area contributed by atoms with Gasteiger partial charge in [0.2, 0.25) is 0 Å². The van der Waals surface area contributed by atoms with Gasteiger partial charge < -0.3 is 25.0 Å². The van der Waals surface area contributed by atoms with Gasteiger partial charge in [-0.1, -0.05) is 30.3 Å². The lowest BCUT2D eigenvalue weighted by atomic mass is 10.1. The normalized spacial score (nSPS) is 14.1. The Balaban J connectivity index is 1.92. The third-order valence-electron chi connectivity index (χ3n) is 3.49. The zero-order valence-electron chi connectivity index (χ0n) is 12.6. The minimum Gasteiger partial charge on any atom is -0.489 e. The van der Waals surface area contributed by atoms with Crippen LogP contribution in [0.4, 0.5) is 5.69 Å². The van der Waals surface area contributed by atoms with E-state index < -0.39 is 12.1 Å². The molecule has 0 aromatic heterocycles. The Morgan fingerprint density at radius 2 is 2.04 bits per heavy atom. The highest BCUT2D eigenvalue weighted by Crippen LogP contribution is 2.39. The number of ether oxygens (including phenoxy) is 2. The number of fused-ring (bicyclic) bond motifs is 1. The van der Waals surface area contributed by atoms with Crippen molar-refractivity contribution in [1.82, 2.24) is 0 Å². The molecule has 0 bridgehead atoms. The van der Waals surface area contributed by atoms with Crippen LogP contribution in [0.15, 0.2) is 42.5 Å². The van der Waals surface area contributed by atoms with E-state index in [4.69, 9.17) is 14.6 Å². The van der Waals surface area contributed by atoms with Crippen molar-refractivity contribution in [1.29, 1.82) is 0 Å². The number of amides is 1. The third kappa shape index (κ3) is 3.31. The standard InChI is InChI=1S/C17H15NO6/c19-14-9-24-16-12(15(20)17(21)22)6-11(7-13(16)18-14)23-8-10-4-2-1-3-5-10/h1-7,15,20H,8-9H2,(H,18,19)(H,21,22). The van der Waals surface area contributed by atoms with Crippen molar-refractivity contribution in [2.45, 2.75) is 12.7 Å². The monoisotopic (exact) mass is 329 g/mol. The average molecular weight is 329 g/mol. The predicted octanol–water partition coefficient (Wildman–Crippen LogP) is 1.71. The summed E-state index contributed by atoms with van der Waals surface area (Å²) in [6, 6.07) is 12.3. The van der Waals surface area contributed by atoms with E-state index in [1.165, 1.54) is 12.1 Å². The molecule has 1 heterocycles. The molecular weight excluding hydrogens is 314 g/mol. The van der Waals surface area contributed by atoms with E-state index in [0.29, 0.717) is 5.75 Å². The minimum absolute atomic E-state index is 0.0306. The number of carbonyl (C=O) groups is 2. The summed E-state index contributed by atoms with van der Waals surface area (Å²) in [6.07, 6.45) is -1.78. The quantitative estimate of drug-likeness (QED) is 0.771. The molecule has 2 aromatic carbocycles. The summed E-state index contributed by atoms with van der Waals surface area (Å²) in [5.41, 5.74) is 1.23. The van der Waals surface area contributed by atoms with Gasteiger partial charge in [-0.2, -0.15) is 0 Å². The van der Waals surface area contributed by atoms with Gasteiger partial charge in [0.1, 0.15) is 18.1 Å². The SMILES string of the molecule is O=C1COc2c(cc(OCc3ccccc3)cc2C(O)C(=O)O)N1. The van der Waals surface area contributed by atoms with Crippen molar-refractivity contribution < 1.29 is 29.3 Å². The molecule has 3 rings (SSSR count). The molecule has 1 aliphatic rings. The Hall–Kier alpha value is -3.06. The predicted molar refractivity (Wildman–Crippen MR) is 83.9 cm³/mol. The Labute approximate surface area is 137 Å². The topological polar surface area (TPSA) is 105 Å². The lowest BCUT2D eigenvalue weighted by Gasteiger charge is -2.23. The van der Waals surface area contributed by atoms with E-state index in [9.17, 15) is 14.7 Å². The number of aliphatic hydroxyl groups is 1. The van der Waals surface area contributed by atoms with Gasteiger partial charge in [0.05, 0.1) is 5.69 Å². The number of benzene rings is 2. The molecule has 0 aliphatic carbocycles. The van der Waals surface area contributed by atoms with Gasteiger partial charge in [0, 0.05) is 11.6 Å². The third-order valence-corrected chi connectivity index (χ3v) is 3.49. The smallest absolute Gasteiger partial charge is 0.337 e. The van der Waals surface area contributed by atoms with Crippen LogP contribution in [0.1, 0.15) is 17.2 Å². The largest absolute Gasteiger partial charge is 0.489 e. The van der Waals surface area contributed by atoms with Crippen molar-refractivity contribution in [3.05, 3.63) is 53.6 Å². The van der Waals surface area contributed by atoms with E-state index in [1.807, 2.05) is 30.3 Å². The fourth-order valence-corrected chi connectivity index (χ4v) is 2.36. The zero-order chi connectivity index (χ0) is 17.1. The molecule has 0 saturated carbocycles. The number of carbonyl (C=O) groups excluding carboxylic acids is 1. The van der Waals surface area contributed by atoms with E-state index in [0.717, 1.165) is 5.56 Å². The second-order valence-electron chi connectivity index (χ2n) is 5.24. The van der Waals surface area contributed by atoms with Gasteiger partial charge in [-0.15, -0.1) is 0 Å². The summed E-state index contributed by atoms with van der Waals surface area (Å²) in [6.45, 7) is 0.0214. The highest BCUT2D eigenvalue weighted by Gasteiger charge is 2.27. The van der Waals surface area contributed by atoms with Crippen molar-refractivity contribution >= 4 is 17.6 Å². The van der Waals surface area contributed by atoms with Crippen LogP contribution in [0, 0.1) is 0 Å². The summed E-state index contributed by atoms with van der Waals surface area (Å²) < 4.78 is 10.9. The molecule has 0 saturated heterocycles. The summed E-state index contributed by atoms with van der Waals surface area (Å²) in [5.74, 6) is -1.33. The van der Waals surface area contributed by atoms with Crippen molar-refractivity contribution in [3.8, 4) is 11.5 Å². The molecule has 1 unspecified atom stereocenters. The van der Waals surface area contributed by atoms with E-state index in [2.05, 4.69) is 5.32 Å². The van der Waals surface area contributed by atoms with Crippen LogP contribution in [0.5, 0.6) is 11.5 Å². The Bertz CT molecular complexity index is 774. The summed E-state index contributed by atoms with van der Waals surface area (Å²) in [7, 11) is 0. The van der Waals surface area contributed by atoms with Gasteiger partial charge in [-0.05, 0) is 11.6 Å². The average Bonchev–Trinajstić information content (AvgIpc) is 2.59. The lowest BCUT2D eigenvalue weighted by molar-refractivity contribution is -0.147. The number of hydrogen-bond donors (Lipinski definition) is 3. The minimum atomic E-state index is -1.78. The molecule has 7 nitrogen and oxygen atoms in total. The first kappa shape index (κ1) is 15.8. The molecule has 0 fully saturated rings. The van der Waals surface area contributed by atoms with Crippen molar-refractivity contribution in [2.24, 2.45) is 0 Å². The molecule has 2 aromatic rings. The van der Waals surface area contributed by atoms with Crippen LogP contribution in [0.2, 0.25) is 0 Å². The molecular formula is C17H15NO6. The van der Waals surface area contributed by atoms with Crippen LogP contribution < -0.4 is 14.8 Å². The lowest BCUT2D eigenvalue weighted by Crippen LogP contribution is -2.27. The first-order valence-electron chi connectivity index (χ1n) is 7.23. The van der Waals surface area contributed by atoms with E-state index in [-0.39, 0.29) is 36.1 Å². The fourth-order valence-electron chi connectivity index (χ4n) is 2.36. The summed E-state index contributed by atoms with van der Waals surface area (Å²) in [4.78, 5) is 22.6. The van der Waals surface area contributed by atoms with Crippen LogP contribution in [0.3, 0.4) is 0 Å². The van der Waals surface area contributed by atoms with Crippen LogP contribution in [0.25, 0.3) is 0 Å². The van der Waals surface area contributed by atoms with Gasteiger partial charge in [0.25, 0.3) is 5.91 Å². The van der Waals surface area contributed by atoms with Gasteiger partial charge in [0.15, 0.2) is 12.7 Å². The molecule has 1 atom stereocenters. The van der Waals surface area contributed by atoms with Crippen molar-refractivity contribution in [2.75, 3.05) is 11.9 Å². The molecule has 0 spiro atoms. The van der Waals surface area contributed by atoms with E-state index in [1.54, 1.807) is 0 Å². The number of nitrogens with one attached hydrogen (secondary N) is 1. The molecule has 1 amide bonds. The van der Waals surface area contributed by atoms with Crippen LogP contribution in [-0.2, 0) is 16.2 Å². The Morgan fingerprint density at radius 1 is 1.29 bits per heavy atom. The maximum Gasteiger partial charge on any atom is 0.337 e. The van der Waals surface area contributed by atoms with Crippen LogP contribution >= 0.6 is 0 Å². The molecule has 3 N–H and O–H groups in total. The number of carboxylic acids is 1. The number of carboxylic acid groups (broad SMARTS) is 1. The van der Waals surface area contributed by atoms with Crippen molar-refractivity contribution in [3.63, 3.8) is 0 Å². The second kappa shape index (κ2) is 6.59. The Morgan fingerprint density at radius 3 is 2.75 bits per heavy atom. The maximum absolute atomic E-state index is 11.5. The van der Waals surface area contributed by atoms with E-state index >= 15 is 0 Å². The first-order chi connectivity index (χ1) is 11.5. The highest BCUT2D eigenvalue weighted by molar-refractivity contribution is 5.96. The van der Waals surface area contributed by atoms with Gasteiger partial charge in [-0.3, -0.25) is 4.79 Å². The van der Waals surface area contributed by atoms with Crippen LogP contribution in [-0.4, -0.2) is 28.7 Å². The number of aliphatic hydroxyl groups excluding tert-OH is 1. The zero-order valence-corrected chi connectivity index (χ0v) is 12.6. The number of aliphatic carboxylic acids is 1. The molecule has 0 radical (unpaired) electrons. The maximum atomic E-state index is 11.5. The number of anilines is 1. The summed E-state index contributed by atoms with van der Waals surface area (Å²) >= 11 is 0. The molecule has 124 valence electrons. The second-order valence-corrected chi connectivity index (χ2v) is 5.24. The fraction of sp³-hybridized carbons (Fsp3) is 0.176. The van der Waals surface area contributed by atoms with Gasteiger partial charge in [-0.25, -0.2) is 4.79 Å². The first-order valence-corrected chi connectivity index (χ1v) is 7.23. The molecule has 7 heteroatoms. The number of hydrogen-bond acceptors (Lipinski definition) is 5. The highest BCUT2D eigenvalue weighted by atomic mass is 16.5. The summed E-state index contributed by atoms with van der Waals surface area (Å²) in [5, 5.41) is 21.5. The molecule has 24 heavy (non-hydrogen) atoms. The van der Waals surface area contributed by atoms with Gasteiger partial charge >= 0.3 is 5.97 Å². The Kier molecular flexibility index (Phi) is 4.35. The molecule has 1 aliphatic heterocycles. The number of rotatable bonds is 5.